The molecule has 166 valence electrons. The van der Waals surface area contributed by atoms with E-state index in [1.807, 2.05) is 31.2 Å². The minimum Gasteiger partial charge on any atom is -0.491 e. The van der Waals surface area contributed by atoms with Gasteiger partial charge in [0.2, 0.25) is 0 Å². The summed E-state index contributed by atoms with van der Waals surface area (Å²) in [5, 5.41) is 20.3. The largest absolute Gasteiger partial charge is 0.491 e. The van der Waals surface area contributed by atoms with Crippen molar-refractivity contribution in [2.75, 3.05) is 53.1 Å². The van der Waals surface area contributed by atoms with Gasteiger partial charge in [-0.25, -0.2) is 0 Å². The van der Waals surface area contributed by atoms with E-state index in [1.165, 1.54) is 5.06 Å². The molecule has 1 fully saturated rings. The fourth-order valence-electron chi connectivity index (χ4n) is 3.67. The van der Waals surface area contributed by atoms with E-state index in [0.29, 0.717) is 5.75 Å². The first-order valence-electron chi connectivity index (χ1n) is 10.6. The van der Waals surface area contributed by atoms with Crippen LogP contribution in [0.4, 0.5) is 0 Å². The standard InChI is InChI=1S/C22H38N2O5/c1-5-27-14-11-22(2,3)29-20-10-12-24(16-20)17-21(23(4)26)18-6-8-19(9-7-18)28-15-13-25/h6-9,20-21,25-26H,5,10-17H2,1-4H3/t20-,21+/m0/s1. The summed E-state index contributed by atoms with van der Waals surface area (Å²) < 4.78 is 17.2. The first-order valence-corrected chi connectivity index (χ1v) is 10.6. The van der Waals surface area contributed by atoms with Crippen molar-refractivity contribution in [2.24, 2.45) is 0 Å². The van der Waals surface area contributed by atoms with Crippen LogP contribution in [0.3, 0.4) is 0 Å². The molecule has 1 aromatic carbocycles. The van der Waals surface area contributed by atoms with Gasteiger partial charge in [0.1, 0.15) is 12.4 Å². The number of rotatable bonds is 13. The zero-order valence-electron chi connectivity index (χ0n) is 18.3. The van der Waals surface area contributed by atoms with Gasteiger partial charge in [0.05, 0.1) is 24.4 Å². The lowest BCUT2D eigenvalue weighted by Gasteiger charge is -2.30. The lowest BCUT2D eigenvalue weighted by atomic mass is 10.1. The fourth-order valence-corrected chi connectivity index (χ4v) is 3.67. The molecule has 1 saturated heterocycles. The van der Waals surface area contributed by atoms with Crippen molar-refractivity contribution in [1.29, 1.82) is 0 Å². The average Bonchev–Trinajstić information content (AvgIpc) is 3.11. The monoisotopic (exact) mass is 410 g/mol. The highest BCUT2D eigenvalue weighted by Crippen LogP contribution is 2.27. The van der Waals surface area contributed by atoms with E-state index in [4.69, 9.17) is 19.3 Å². The maximum atomic E-state index is 10.2. The molecule has 2 rings (SSSR count). The molecule has 1 aliphatic heterocycles. The van der Waals surface area contributed by atoms with Crippen LogP contribution in [-0.4, -0.2) is 85.1 Å². The summed E-state index contributed by atoms with van der Waals surface area (Å²) in [5.41, 5.74) is 0.820. The van der Waals surface area contributed by atoms with Crippen molar-refractivity contribution in [3.8, 4) is 5.75 Å². The number of likely N-dealkylation sites (tertiary alicyclic amines) is 1. The number of hydroxylamine groups is 2. The van der Waals surface area contributed by atoms with Crippen LogP contribution in [-0.2, 0) is 9.47 Å². The molecule has 0 aliphatic carbocycles. The Morgan fingerprint density at radius 2 is 1.97 bits per heavy atom. The van der Waals surface area contributed by atoms with Crippen molar-refractivity contribution < 1.29 is 24.5 Å². The van der Waals surface area contributed by atoms with E-state index in [9.17, 15) is 5.21 Å². The van der Waals surface area contributed by atoms with Gasteiger partial charge in [-0.2, -0.15) is 5.06 Å². The third-order valence-electron chi connectivity index (χ3n) is 5.27. The van der Waals surface area contributed by atoms with Gasteiger partial charge < -0.3 is 24.5 Å². The third kappa shape index (κ3) is 8.20. The molecule has 0 amide bonds. The van der Waals surface area contributed by atoms with Crippen LogP contribution >= 0.6 is 0 Å². The summed E-state index contributed by atoms with van der Waals surface area (Å²) in [6.45, 7) is 10.5. The molecule has 0 spiro atoms. The number of likely N-dealkylation sites (N-methyl/N-ethyl adjacent to an activating group) is 1. The van der Waals surface area contributed by atoms with E-state index in [0.717, 1.165) is 51.3 Å². The molecule has 2 N–H and O–H groups in total. The van der Waals surface area contributed by atoms with Gasteiger partial charge in [0.15, 0.2) is 0 Å². The molecule has 0 aromatic heterocycles. The number of hydrogen-bond acceptors (Lipinski definition) is 7. The van der Waals surface area contributed by atoms with Crippen molar-refractivity contribution >= 4 is 0 Å². The van der Waals surface area contributed by atoms with Crippen LogP contribution in [0.25, 0.3) is 0 Å². The molecule has 7 nitrogen and oxygen atoms in total. The van der Waals surface area contributed by atoms with Gasteiger partial charge in [-0.1, -0.05) is 12.1 Å². The van der Waals surface area contributed by atoms with E-state index >= 15 is 0 Å². The molecule has 0 saturated carbocycles. The normalized spacial score (nSPS) is 19.1. The molecule has 29 heavy (non-hydrogen) atoms. The van der Waals surface area contributed by atoms with Crippen molar-refractivity contribution in [3.05, 3.63) is 29.8 Å². The number of hydrogen-bond donors (Lipinski definition) is 2. The Bertz CT molecular complexity index is 579. The van der Waals surface area contributed by atoms with Gasteiger partial charge in [0.25, 0.3) is 0 Å². The second kappa shape index (κ2) is 11.8. The Balaban J connectivity index is 1.88. The van der Waals surface area contributed by atoms with Gasteiger partial charge in [-0.3, -0.25) is 4.90 Å². The number of nitrogens with zero attached hydrogens (tertiary/aromatic N) is 2. The quantitative estimate of drug-likeness (QED) is 0.383. The molecule has 0 radical (unpaired) electrons. The Morgan fingerprint density at radius 1 is 1.24 bits per heavy atom. The summed E-state index contributed by atoms with van der Waals surface area (Å²) in [4.78, 5) is 2.34. The van der Waals surface area contributed by atoms with Crippen LogP contribution in [0.5, 0.6) is 5.75 Å². The predicted molar refractivity (Wildman–Crippen MR) is 112 cm³/mol. The molecule has 1 heterocycles. The number of benzene rings is 1. The third-order valence-corrected chi connectivity index (χ3v) is 5.27. The summed E-state index contributed by atoms with van der Waals surface area (Å²) >= 11 is 0. The lowest BCUT2D eigenvalue weighted by Crippen LogP contribution is -2.36. The first kappa shape index (κ1) is 24.1. The van der Waals surface area contributed by atoms with Crippen LogP contribution < -0.4 is 4.74 Å². The second-order valence-corrected chi connectivity index (χ2v) is 8.23. The van der Waals surface area contributed by atoms with Crippen LogP contribution in [0.1, 0.15) is 45.2 Å². The zero-order chi connectivity index (χ0) is 21.3. The summed E-state index contributed by atoms with van der Waals surface area (Å²) in [5.74, 6) is 0.714. The minimum atomic E-state index is -0.201. The summed E-state index contributed by atoms with van der Waals surface area (Å²) in [6, 6.07) is 7.54. The molecule has 7 heteroatoms. The Labute approximate surface area is 175 Å². The van der Waals surface area contributed by atoms with E-state index in [1.54, 1.807) is 7.05 Å². The first-order chi connectivity index (χ1) is 13.8. The summed E-state index contributed by atoms with van der Waals surface area (Å²) in [6.07, 6.45) is 2.07. The predicted octanol–water partition coefficient (Wildman–Crippen LogP) is 2.72. The maximum absolute atomic E-state index is 10.2. The highest BCUT2D eigenvalue weighted by Gasteiger charge is 2.31. The van der Waals surface area contributed by atoms with Crippen molar-refractivity contribution in [1.82, 2.24) is 9.96 Å². The van der Waals surface area contributed by atoms with E-state index < -0.39 is 0 Å². The Kier molecular flexibility index (Phi) is 9.82. The highest BCUT2D eigenvalue weighted by atomic mass is 16.5. The lowest BCUT2D eigenvalue weighted by molar-refractivity contribution is -0.112. The average molecular weight is 411 g/mol. The van der Waals surface area contributed by atoms with Crippen LogP contribution in [0, 0.1) is 0 Å². The molecule has 1 aromatic rings. The SMILES string of the molecule is CCOCCC(C)(C)O[C@H]1CCN(C[C@H](c2ccc(OCCO)cc2)N(C)O)C1. The molecular formula is C22H38N2O5. The highest BCUT2D eigenvalue weighted by molar-refractivity contribution is 5.29. The molecule has 1 aliphatic rings. The number of aliphatic hydroxyl groups excluding tert-OH is 1. The summed E-state index contributed by atoms with van der Waals surface area (Å²) in [7, 11) is 1.68. The molecule has 2 atom stereocenters. The smallest absolute Gasteiger partial charge is 0.119 e. The minimum absolute atomic E-state index is 0.00954. The number of aliphatic hydroxyl groups is 1. The van der Waals surface area contributed by atoms with Crippen molar-refractivity contribution in [2.45, 2.75) is 51.4 Å². The number of ether oxygens (including phenoxy) is 3. The Hall–Kier alpha value is -1.22. The van der Waals surface area contributed by atoms with Gasteiger partial charge in [-0.05, 0) is 51.3 Å². The molecular weight excluding hydrogens is 372 g/mol. The maximum Gasteiger partial charge on any atom is 0.119 e. The van der Waals surface area contributed by atoms with E-state index in [2.05, 4.69) is 18.7 Å². The second-order valence-electron chi connectivity index (χ2n) is 8.23. The van der Waals surface area contributed by atoms with Crippen molar-refractivity contribution in [3.63, 3.8) is 0 Å². The van der Waals surface area contributed by atoms with Gasteiger partial charge >= 0.3 is 0 Å². The topological polar surface area (TPSA) is 74.6 Å². The zero-order valence-corrected chi connectivity index (χ0v) is 18.3. The molecule has 0 bridgehead atoms. The van der Waals surface area contributed by atoms with Gasteiger partial charge in [-0.15, -0.1) is 0 Å². The molecule has 0 unspecified atom stereocenters. The van der Waals surface area contributed by atoms with E-state index in [-0.39, 0.29) is 31.0 Å². The Morgan fingerprint density at radius 3 is 2.59 bits per heavy atom. The fraction of sp³-hybridized carbons (Fsp3) is 0.727. The van der Waals surface area contributed by atoms with Gasteiger partial charge in [0, 0.05) is 39.9 Å². The van der Waals surface area contributed by atoms with Crippen LogP contribution in [0.15, 0.2) is 24.3 Å². The van der Waals surface area contributed by atoms with Crippen LogP contribution in [0.2, 0.25) is 0 Å².